The van der Waals surface area contributed by atoms with Crippen molar-refractivity contribution in [3.8, 4) is 0 Å². The van der Waals surface area contributed by atoms with Gasteiger partial charge in [0.1, 0.15) is 6.10 Å². The minimum atomic E-state index is -4.43. The Kier molecular flexibility index (Phi) is 5.95. The van der Waals surface area contributed by atoms with Gasteiger partial charge in [0.15, 0.2) is 0 Å². The van der Waals surface area contributed by atoms with E-state index in [0.29, 0.717) is 19.6 Å². The largest absolute Gasteiger partial charge is 0.418 e. The van der Waals surface area contributed by atoms with E-state index < -0.39 is 30.1 Å². The van der Waals surface area contributed by atoms with Crippen molar-refractivity contribution in [3.05, 3.63) is 24.0 Å². The minimum Gasteiger partial charge on any atom is -0.389 e. The third-order valence-corrected chi connectivity index (χ3v) is 5.69. The number of β-amino-alcohol motifs (C(OH)–C–C–N with tert-alkyl or cyclic N) is 1. The number of likely N-dealkylation sites (tertiary alicyclic amines) is 1. The first kappa shape index (κ1) is 20.3. The van der Waals surface area contributed by atoms with Gasteiger partial charge in [-0.2, -0.15) is 13.2 Å². The summed E-state index contributed by atoms with van der Waals surface area (Å²) in [6.45, 7) is 3.54. The number of pyridine rings is 1. The van der Waals surface area contributed by atoms with Gasteiger partial charge in [-0.1, -0.05) is 0 Å². The number of nitrogens with zero attached hydrogens (tertiary/aromatic N) is 3. The molecule has 27 heavy (non-hydrogen) atoms. The summed E-state index contributed by atoms with van der Waals surface area (Å²) in [5.41, 5.74) is -0.588. The van der Waals surface area contributed by atoms with Gasteiger partial charge >= 0.3 is 6.18 Å². The first-order chi connectivity index (χ1) is 12.7. The number of alkyl halides is 3. The van der Waals surface area contributed by atoms with Crippen molar-refractivity contribution in [2.75, 3.05) is 31.1 Å². The standard InChI is InChI=1S/C18H26F3N3O3/c1-11-16(26)17(27)15(25)10-24(11)9-12-3-2-6-23(8-12)14-7-22-5-4-13(14)18(19,20)21/h4-5,7,11-12,15-17,25-27H,2-3,6,8-10H2,1H3/t11?,12-,15?,16?,17?/m1/s1. The van der Waals surface area contributed by atoms with Gasteiger partial charge in [0.25, 0.3) is 0 Å². The molecule has 1 aromatic heterocycles. The highest BCUT2D eigenvalue weighted by atomic mass is 19.4. The van der Waals surface area contributed by atoms with Crippen LogP contribution in [0.2, 0.25) is 0 Å². The van der Waals surface area contributed by atoms with E-state index in [-0.39, 0.29) is 24.2 Å². The number of hydrogen-bond donors (Lipinski definition) is 3. The van der Waals surface area contributed by atoms with Crippen LogP contribution in [0.25, 0.3) is 0 Å². The van der Waals surface area contributed by atoms with Crippen LogP contribution in [-0.2, 0) is 6.18 Å². The van der Waals surface area contributed by atoms with Crippen LogP contribution in [0.1, 0.15) is 25.3 Å². The Morgan fingerprint density at radius 3 is 2.63 bits per heavy atom. The molecule has 0 aliphatic carbocycles. The summed E-state index contributed by atoms with van der Waals surface area (Å²) < 4.78 is 39.9. The maximum atomic E-state index is 13.3. The van der Waals surface area contributed by atoms with Gasteiger partial charge in [-0.05, 0) is 31.7 Å². The van der Waals surface area contributed by atoms with Crippen molar-refractivity contribution in [2.24, 2.45) is 5.92 Å². The molecular weight excluding hydrogens is 363 g/mol. The van der Waals surface area contributed by atoms with Crippen molar-refractivity contribution in [1.82, 2.24) is 9.88 Å². The molecule has 2 aliphatic heterocycles. The number of hydrogen-bond acceptors (Lipinski definition) is 6. The van der Waals surface area contributed by atoms with Gasteiger partial charge in [-0.15, -0.1) is 0 Å². The number of aromatic nitrogens is 1. The van der Waals surface area contributed by atoms with Gasteiger partial charge in [0.05, 0.1) is 29.7 Å². The molecule has 0 spiro atoms. The maximum absolute atomic E-state index is 13.3. The molecule has 2 aliphatic rings. The molecule has 3 rings (SSSR count). The third-order valence-electron chi connectivity index (χ3n) is 5.69. The zero-order valence-electron chi connectivity index (χ0n) is 15.2. The fourth-order valence-electron chi connectivity index (χ4n) is 4.13. The van der Waals surface area contributed by atoms with Gasteiger partial charge in [0.2, 0.25) is 0 Å². The van der Waals surface area contributed by atoms with Crippen LogP contribution < -0.4 is 4.90 Å². The van der Waals surface area contributed by atoms with Crippen LogP contribution in [0.4, 0.5) is 18.9 Å². The van der Waals surface area contributed by atoms with Crippen LogP contribution in [0.3, 0.4) is 0 Å². The lowest BCUT2D eigenvalue weighted by molar-refractivity contribution is -0.137. The molecule has 4 unspecified atom stereocenters. The number of piperidine rings is 2. The predicted molar refractivity (Wildman–Crippen MR) is 93.2 cm³/mol. The maximum Gasteiger partial charge on any atom is 0.418 e. The van der Waals surface area contributed by atoms with Crippen LogP contribution in [0.5, 0.6) is 0 Å². The fourth-order valence-corrected chi connectivity index (χ4v) is 4.13. The molecule has 2 saturated heterocycles. The fraction of sp³-hybridized carbons (Fsp3) is 0.722. The number of aliphatic hydroxyl groups is 3. The highest BCUT2D eigenvalue weighted by molar-refractivity contribution is 5.53. The average molecular weight is 389 g/mol. The molecule has 1 aromatic rings. The van der Waals surface area contributed by atoms with Gasteiger partial charge < -0.3 is 20.2 Å². The second kappa shape index (κ2) is 7.90. The van der Waals surface area contributed by atoms with Gasteiger partial charge in [-0.25, -0.2) is 0 Å². The van der Waals surface area contributed by atoms with Gasteiger partial charge in [0, 0.05) is 38.4 Å². The molecule has 0 saturated carbocycles. The normalized spacial score (nSPS) is 33.3. The highest BCUT2D eigenvalue weighted by Gasteiger charge is 2.40. The molecule has 5 atom stereocenters. The van der Waals surface area contributed by atoms with Crippen molar-refractivity contribution in [1.29, 1.82) is 0 Å². The Morgan fingerprint density at radius 2 is 1.93 bits per heavy atom. The predicted octanol–water partition coefficient (Wildman–Crippen LogP) is 1.10. The van der Waals surface area contributed by atoms with Crippen LogP contribution in [-0.4, -0.2) is 75.7 Å². The number of aliphatic hydroxyl groups excluding tert-OH is 3. The molecule has 0 amide bonds. The quantitative estimate of drug-likeness (QED) is 0.719. The van der Waals surface area contributed by atoms with E-state index >= 15 is 0 Å². The van der Waals surface area contributed by atoms with Crippen molar-refractivity contribution < 1.29 is 28.5 Å². The molecule has 0 radical (unpaired) electrons. The van der Waals surface area contributed by atoms with E-state index in [0.717, 1.165) is 25.1 Å². The Bertz CT molecular complexity index is 646. The van der Waals surface area contributed by atoms with Crippen LogP contribution >= 0.6 is 0 Å². The molecule has 2 fully saturated rings. The molecule has 6 nitrogen and oxygen atoms in total. The lowest BCUT2D eigenvalue weighted by atomic mass is 9.91. The highest BCUT2D eigenvalue weighted by Crippen LogP contribution is 2.37. The Balaban J connectivity index is 1.71. The summed E-state index contributed by atoms with van der Waals surface area (Å²) in [5, 5.41) is 29.8. The third kappa shape index (κ3) is 4.37. The summed E-state index contributed by atoms with van der Waals surface area (Å²) in [5.74, 6) is 0.0946. The topological polar surface area (TPSA) is 80.1 Å². The van der Waals surface area contributed by atoms with E-state index in [1.54, 1.807) is 11.8 Å². The van der Waals surface area contributed by atoms with Gasteiger partial charge in [-0.3, -0.25) is 9.88 Å². The zero-order chi connectivity index (χ0) is 19.8. The minimum absolute atomic E-state index is 0.0943. The zero-order valence-corrected chi connectivity index (χ0v) is 15.2. The molecule has 152 valence electrons. The number of halogens is 3. The van der Waals surface area contributed by atoms with Crippen molar-refractivity contribution in [2.45, 2.75) is 50.3 Å². The Hall–Kier alpha value is -1.42. The van der Waals surface area contributed by atoms with E-state index in [1.165, 1.54) is 6.20 Å². The van der Waals surface area contributed by atoms with E-state index in [2.05, 4.69) is 4.98 Å². The van der Waals surface area contributed by atoms with Crippen LogP contribution in [0, 0.1) is 5.92 Å². The van der Waals surface area contributed by atoms with Crippen molar-refractivity contribution in [3.63, 3.8) is 0 Å². The second-order valence-electron chi connectivity index (χ2n) is 7.59. The van der Waals surface area contributed by atoms with E-state index in [9.17, 15) is 28.5 Å². The smallest absolute Gasteiger partial charge is 0.389 e. The monoisotopic (exact) mass is 389 g/mol. The Morgan fingerprint density at radius 1 is 1.19 bits per heavy atom. The first-order valence-electron chi connectivity index (χ1n) is 9.23. The van der Waals surface area contributed by atoms with Crippen molar-refractivity contribution >= 4 is 5.69 Å². The average Bonchev–Trinajstić information content (AvgIpc) is 2.64. The first-order valence-corrected chi connectivity index (χ1v) is 9.23. The second-order valence-corrected chi connectivity index (χ2v) is 7.59. The number of anilines is 1. The molecule has 0 aromatic carbocycles. The lowest BCUT2D eigenvalue weighted by Gasteiger charge is -2.45. The summed E-state index contributed by atoms with van der Waals surface area (Å²) in [6.07, 6.45) is -3.67. The lowest BCUT2D eigenvalue weighted by Crippen LogP contribution is -2.61. The van der Waals surface area contributed by atoms with Crippen LogP contribution in [0.15, 0.2) is 18.5 Å². The SMILES string of the molecule is CC1C(O)C(O)C(O)CN1C[C@@H]1CCCN(c2cnccc2C(F)(F)F)C1. The molecule has 0 bridgehead atoms. The summed E-state index contributed by atoms with van der Waals surface area (Å²) in [4.78, 5) is 7.50. The molecular formula is C18H26F3N3O3. The molecule has 3 N–H and O–H groups in total. The summed E-state index contributed by atoms with van der Waals surface area (Å²) >= 11 is 0. The molecule has 9 heteroatoms. The Labute approximate surface area is 156 Å². The molecule has 3 heterocycles. The summed E-state index contributed by atoms with van der Waals surface area (Å²) in [6, 6.07) is 0.669. The summed E-state index contributed by atoms with van der Waals surface area (Å²) in [7, 11) is 0. The van der Waals surface area contributed by atoms with E-state index in [1.807, 2.05) is 4.90 Å². The van der Waals surface area contributed by atoms with E-state index in [4.69, 9.17) is 0 Å². The number of rotatable bonds is 3.